The van der Waals surface area contributed by atoms with Crippen LogP contribution in [0.1, 0.15) is 47.0 Å². The predicted octanol–water partition coefficient (Wildman–Crippen LogP) is 1.95. The molecule has 0 saturated carbocycles. The summed E-state index contributed by atoms with van der Waals surface area (Å²) in [7, 11) is 1.71. The molecule has 17 heavy (non-hydrogen) atoms. The van der Waals surface area contributed by atoms with Crippen molar-refractivity contribution in [3.63, 3.8) is 0 Å². The Bertz CT molecular complexity index is 227. The zero-order valence-corrected chi connectivity index (χ0v) is 11.9. The second-order valence-electron chi connectivity index (χ2n) is 4.98. The first-order chi connectivity index (χ1) is 7.91. The molecule has 2 unspecified atom stereocenters. The van der Waals surface area contributed by atoms with E-state index in [1.807, 2.05) is 0 Å². The Morgan fingerprint density at radius 2 is 1.82 bits per heavy atom. The van der Waals surface area contributed by atoms with Crippen LogP contribution in [0.5, 0.6) is 0 Å². The highest BCUT2D eigenvalue weighted by Gasteiger charge is 2.34. The van der Waals surface area contributed by atoms with Crippen LogP contribution in [0.4, 0.5) is 0 Å². The first-order valence-corrected chi connectivity index (χ1v) is 6.57. The predicted molar refractivity (Wildman–Crippen MR) is 71.3 cm³/mol. The SMILES string of the molecule is CCCN(CCC)C(C)CC(C)(NC)C(=O)O. The molecule has 0 spiro atoms. The van der Waals surface area contributed by atoms with Crippen LogP contribution in [0, 0.1) is 0 Å². The first kappa shape index (κ1) is 16.4. The van der Waals surface area contributed by atoms with E-state index in [1.54, 1.807) is 14.0 Å². The summed E-state index contributed by atoms with van der Waals surface area (Å²) >= 11 is 0. The second-order valence-corrected chi connectivity index (χ2v) is 4.98. The van der Waals surface area contributed by atoms with Crippen LogP contribution >= 0.6 is 0 Å². The van der Waals surface area contributed by atoms with Gasteiger partial charge in [-0.2, -0.15) is 0 Å². The van der Waals surface area contributed by atoms with Gasteiger partial charge in [-0.25, -0.2) is 0 Å². The average Bonchev–Trinajstić information content (AvgIpc) is 2.28. The fraction of sp³-hybridized carbons (Fsp3) is 0.923. The topological polar surface area (TPSA) is 52.6 Å². The van der Waals surface area contributed by atoms with Crippen molar-refractivity contribution in [1.29, 1.82) is 0 Å². The van der Waals surface area contributed by atoms with Crippen LogP contribution < -0.4 is 5.32 Å². The lowest BCUT2D eigenvalue weighted by Crippen LogP contribution is -2.52. The van der Waals surface area contributed by atoms with Gasteiger partial charge in [-0.15, -0.1) is 0 Å². The van der Waals surface area contributed by atoms with Crippen molar-refractivity contribution >= 4 is 5.97 Å². The third-order valence-corrected chi connectivity index (χ3v) is 3.37. The number of hydrogen-bond acceptors (Lipinski definition) is 3. The summed E-state index contributed by atoms with van der Waals surface area (Å²) in [6, 6.07) is 0.281. The first-order valence-electron chi connectivity index (χ1n) is 6.57. The van der Waals surface area contributed by atoms with Crippen molar-refractivity contribution in [2.75, 3.05) is 20.1 Å². The van der Waals surface area contributed by atoms with Crippen LogP contribution in [0.15, 0.2) is 0 Å². The summed E-state index contributed by atoms with van der Waals surface area (Å²) < 4.78 is 0. The maximum absolute atomic E-state index is 11.2. The van der Waals surface area contributed by atoms with E-state index >= 15 is 0 Å². The Hall–Kier alpha value is -0.610. The molecule has 2 atom stereocenters. The van der Waals surface area contributed by atoms with Gasteiger partial charge in [0.05, 0.1) is 0 Å². The van der Waals surface area contributed by atoms with E-state index in [0.29, 0.717) is 6.42 Å². The number of carboxylic acids is 1. The molecular formula is C13H28N2O2. The minimum absolute atomic E-state index is 0.281. The maximum Gasteiger partial charge on any atom is 0.323 e. The van der Waals surface area contributed by atoms with Gasteiger partial charge in [-0.3, -0.25) is 4.79 Å². The van der Waals surface area contributed by atoms with Gasteiger partial charge in [0.15, 0.2) is 0 Å². The summed E-state index contributed by atoms with van der Waals surface area (Å²) in [6.45, 7) is 10.3. The fourth-order valence-electron chi connectivity index (χ4n) is 2.14. The molecule has 0 aromatic heterocycles. The molecule has 0 aromatic rings. The smallest absolute Gasteiger partial charge is 0.323 e. The monoisotopic (exact) mass is 244 g/mol. The molecule has 102 valence electrons. The average molecular weight is 244 g/mol. The van der Waals surface area contributed by atoms with Crippen molar-refractivity contribution in [2.24, 2.45) is 0 Å². The van der Waals surface area contributed by atoms with Gasteiger partial charge in [0, 0.05) is 6.04 Å². The van der Waals surface area contributed by atoms with Crippen molar-refractivity contribution in [1.82, 2.24) is 10.2 Å². The van der Waals surface area contributed by atoms with Gasteiger partial charge in [-0.1, -0.05) is 13.8 Å². The van der Waals surface area contributed by atoms with Crippen molar-refractivity contribution in [3.05, 3.63) is 0 Å². The van der Waals surface area contributed by atoms with Gasteiger partial charge >= 0.3 is 5.97 Å². The largest absolute Gasteiger partial charge is 0.480 e. The van der Waals surface area contributed by atoms with Crippen molar-refractivity contribution in [2.45, 2.75) is 58.5 Å². The quantitative estimate of drug-likeness (QED) is 0.651. The number of likely N-dealkylation sites (N-methyl/N-ethyl adjacent to an activating group) is 1. The number of rotatable bonds is 9. The highest BCUT2D eigenvalue weighted by atomic mass is 16.4. The lowest BCUT2D eigenvalue weighted by atomic mass is 9.93. The molecular weight excluding hydrogens is 216 g/mol. The molecule has 0 amide bonds. The Morgan fingerprint density at radius 1 is 1.35 bits per heavy atom. The number of carboxylic acid groups (broad SMARTS) is 1. The van der Waals surface area contributed by atoms with Crippen LogP contribution in [0.2, 0.25) is 0 Å². The molecule has 0 rings (SSSR count). The Morgan fingerprint density at radius 3 is 2.12 bits per heavy atom. The van der Waals surface area contributed by atoms with Gasteiger partial charge < -0.3 is 15.3 Å². The van der Waals surface area contributed by atoms with E-state index < -0.39 is 11.5 Å². The third-order valence-electron chi connectivity index (χ3n) is 3.37. The fourth-order valence-corrected chi connectivity index (χ4v) is 2.14. The van der Waals surface area contributed by atoms with Gasteiger partial charge in [0.1, 0.15) is 5.54 Å². The maximum atomic E-state index is 11.2. The summed E-state index contributed by atoms with van der Waals surface area (Å²) in [6.07, 6.45) is 2.83. The molecule has 0 aliphatic carbocycles. The Balaban J connectivity index is 4.55. The Labute approximate surface area is 105 Å². The van der Waals surface area contributed by atoms with Gasteiger partial charge in [0.2, 0.25) is 0 Å². The number of hydrogen-bond donors (Lipinski definition) is 2. The summed E-state index contributed by atoms with van der Waals surface area (Å²) in [4.78, 5) is 13.6. The number of nitrogens with one attached hydrogen (secondary N) is 1. The van der Waals surface area contributed by atoms with Crippen LogP contribution in [0.25, 0.3) is 0 Å². The zero-order chi connectivity index (χ0) is 13.5. The molecule has 0 aliphatic heterocycles. The minimum atomic E-state index is -0.834. The molecule has 0 bridgehead atoms. The van der Waals surface area contributed by atoms with Crippen LogP contribution in [-0.2, 0) is 4.79 Å². The molecule has 0 radical (unpaired) electrons. The van der Waals surface area contributed by atoms with E-state index in [4.69, 9.17) is 0 Å². The second kappa shape index (κ2) is 7.67. The third kappa shape index (κ3) is 5.04. The lowest BCUT2D eigenvalue weighted by Gasteiger charge is -2.34. The summed E-state index contributed by atoms with van der Waals surface area (Å²) in [5.74, 6) is -0.778. The Kier molecular flexibility index (Phi) is 7.39. The zero-order valence-electron chi connectivity index (χ0n) is 11.9. The summed E-state index contributed by atoms with van der Waals surface area (Å²) in [5.41, 5.74) is -0.834. The molecule has 0 aliphatic rings. The van der Waals surface area contributed by atoms with E-state index in [9.17, 15) is 9.90 Å². The highest BCUT2D eigenvalue weighted by molar-refractivity contribution is 5.78. The van der Waals surface area contributed by atoms with Crippen molar-refractivity contribution < 1.29 is 9.90 Å². The van der Waals surface area contributed by atoms with Gasteiger partial charge in [0.25, 0.3) is 0 Å². The normalized spacial score (nSPS) is 16.8. The van der Waals surface area contributed by atoms with E-state index in [1.165, 1.54) is 0 Å². The number of aliphatic carboxylic acids is 1. The van der Waals surface area contributed by atoms with Crippen LogP contribution in [-0.4, -0.2) is 47.7 Å². The molecule has 0 saturated heterocycles. The summed E-state index contributed by atoms with van der Waals surface area (Å²) in [5, 5.41) is 12.2. The minimum Gasteiger partial charge on any atom is -0.480 e. The molecule has 0 fully saturated rings. The standard InChI is InChI=1S/C13H28N2O2/c1-6-8-15(9-7-2)11(3)10-13(4,14-5)12(16)17/h11,14H,6-10H2,1-5H3,(H,16,17). The molecule has 4 nitrogen and oxygen atoms in total. The van der Waals surface area contributed by atoms with Crippen molar-refractivity contribution in [3.8, 4) is 0 Å². The number of nitrogens with zero attached hydrogens (tertiary/aromatic N) is 1. The van der Waals surface area contributed by atoms with Crippen LogP contribution in [0.3, 0.4) is 0 Å². The van der Waals surface area contributed by atoms with Gasteiger partial charge in [-0.05, 0) is 53.2 Å². The molecule has 0 aromatic carbocycles. The van der Waals surface area contributed by atoms with E-state index in [2.05, 4.69) is 31.0 Å². The highest BCUT2D eigenvalue weighted by Crippen LogP contribution is 2.17. The molecule has 2 N–H and O–H groups in total. The molecule has 4 heteroatoms. The number of carbonyl (C=O) groups is 1. The lowest BCUT2D eigenvalue weighted by molar-refractivity contribution is -0.144. The molecule has 0 heterocycles. The van der Waals surface area contributed by atoms with E-state index in [-0.39, 0.29) is 6.04 Å². The van der Waals surface area contributed by atoms with E-state index in [0.717, 1.165) is 25.9 Å².